The molecule has 0 radical (unpaired) electrons. The largest absolute Gasteiger partial charge is 0.496 e. The van der Waals surface area contributed by atoms with Gasteiger partial charge in [0, 0.05) is 30.2 Å². The number of benzene rings is 1. The number of nitrogens with zero attached hydrogens (tertiary/aromatic N) is 1. The van der Waals surface area contributed by atoms with Gasteiger partial charge in [0.15, 0.2) is 5.96 Å². The normalized spacial score (nSPS) is 10.4. The zero-order valence-electron chi connectivity index (χ0n) is 11.1. The Kier molecular flexibility index (Phi) is 9.68. The van der Waals surface area contributed by atoms with Crippen LogP contribution in [0.2, 0.25) is 0 Å². The zero-order chi connectivity index (χ0) is 13.4. The van der Waals surface area contributed by atoms with E-state index in [1.54, 1.807) is 20.2 Å². The lowest BCUT2D eigenvalue weighted by Crippen LogP contribution is -2.36. The average molecular weight is 440 g/mol. The first kappa shape index (κ1) is 18.2. The van der Waals surface area contributed by atoms with Crippen LogP contribution in [0.4, 0.5) is 0 Å². The number of ether oxygens (including phenoxy) is 1. The van der Waals surface area contributed by atoms with Gasteiger partial charge in [-0.05, 0) is 18.2 Å². The number of aliphatic imine (C=N–C) groups is 1. The van der Waals surface area contributed by atoms with E-state index in [0.717, 1.165) is 21.7 Å². The first-order chi connectivity index (χ1) is 8.71. The summed E-state index contributed by atoms with van der Waals surface area (Å²) < 4.78 is 6.33. The summed E-state index contributed by atoms with van der Waals surface area (Å²) in [5, 5.41) is 6.32. The van der Waals surface area contributed by atoms with Crippen LogP contribution in [-0.4, -0.2) is 26.7 Å². The minimum absolute atomic E-state index is 0. The molecule has 1 aromatic rings. The molecule has 0 bridgehead atoms. The maximum Gasteiger partial charge on any atom is 0.191 e. The van der Waals surface area contributed by atoms with E-state index in [0.29, 0.717) is 13.1 Å². The van der Waals surface area contributed by atoms with Gasteiger partial charge in [-0.2, -0.15) is 0 Å². The molecule has 0 unspecified atom stereocenters. The van der Waals surface area contributed by atoms with E-state index in [-0.39, 0.29) is 24.0 Å². The van der Waals surface area contributed by atoms with E-state index < -0.39 is 0 Å². The van der Waals surface area contributed by atoms with Crippen LogP contribution >= 0.6 is 39.9 Å². The molecule has 0 aliphatic carbocycles. The highest BCUT2D eigenvalue weighted by Gasteiger charge is 2.04. The van der Waals surface area contributed by atoms with Crippen LogP contribution in [0.15, 0.2) is 40.3 Å². The highest BCUT2D eigenvalue weighted by Crippen LogP contribution is 2.22. The van der Waals surface area contributed by atoms with Gasteiger partial charge in [-0.25, -0.2) is 0 Å². The van der Waals surface area contributed by atoms with Gasteiger partial charge >= 0.3 is 0 Å². The van der Waals surface area contributed by atoms with Crippen LogP contribution < -0.4 is 15.4 Å². The summed E-state index contributed by atoms with van der Waals surface area (Å²) in [4.78, 5) is 4.11. The van der Waals surface area contributed by atoms with Gasteiger partial charge in [0.1, 0.15) is 5.75 Å². The van der Waals surface area contributed by atoms with E-state index in [9.17, 15) is 0 Å². The van der Waals surface area contributed by atoms with Crippen molar-refractivity contribution < 1.29 is 4.74 Å². The summed E-state index contributed by atoms with van der Waals surface area (Å²) >= 11 is 3.45. The number of hydrogen-bond donors (Lipinski definition) is 2. The first-order valence-corrected chi connectivity index (χ1v) is 6.38. The zero-order valence-corrected chi connectivity index (χ0v) is 15.0. The number of halogens is 2. The smallest absolute Gasteiger partial charge is 0.191 e. The average Bonchev–Trinajstić information content (AvgIpc) is 2.39. The van der Waals surface area contributed by atoms with E-state index >= 15 is 0 Å². The maximum absolute atomic E-state index is 5.31. The first-order valence-electron chi connectivity index (χ1n) is 5.59. The van der Waals surface area contributed by atoms with Crippen LogP contribution in [0.25, 0.3) is 0 Å². The topological polar surface area (TPSA) is 45.7 Å². The van der Waals surface area contributed by atoms with Crippen molar-refractivity contribution >= 4 is 45.9 Å². The third-order valence-electron chi connectivity index (χ3n) is 2.33. The summed E-state index contributed by atoms with van der Waals surface area (Å²) in [6, 6.07) is 5.90. The molecule has 19 heavy (non-hydrogen) atoms. The van der Waals surface area contributed by atoms with Crippen molar-refractivity contribution in [2.24, 2.45) is 4.99 Å². The van der Waals surface area contributed by atoms with Gasteiger partial charge < -0.3 is 15.4 Å². The van der Waals surface area contributed by atoms with Crippen LogP contribution in [0.3, 0.4) is 0 Å². The van der Waals surface area contributed by atoms with Gasteiger partial charge in [0.25, 0.3) is 0 Å². The predicted molar refractivity (Wildman–Crippen MR) is 94.5 cm³/mol. The van der Waals surface area contributed by atoms with E-state index in [1.165, 1.54) is 0 Å². The molecule has 1 aromatic carbocycles. The molecular weight excluding hydrogens is 421 g/mol. The number of methoxy groups -OCH3 is 1. The standard InChI is InChI=1S/C13H18BrN3O.HI/c1-4-7-16-13(15-2)17-9-10-8-11(14)5-6-12(10)18-3;/h4-6,8H,1,7,9H2,2-3H3,(H2,15,16,17);1H. The monoisotopic (exact) mass is 439 g/mol. The highest BCUT2D eigenvalue weighted by molar-refractivity contribution is 14.0. The Labute approximate surface area is 139 Å². The third kappa shape index (κ3) is 6.29. The molecule has 4 nitrogen and oxygen atoms in total. The van der Waals surface area contributed by atoms with Crippen molar-refractivity contribution in [2.75, 3.05) is 20.7 Å². The Bertz CT molecular complexity index is 438. The second-order valence-electron chi connectivity index (χ2n) is 3.55. The Morgan fingerprint density at radius 2 is 2.21 bits per heavy atom. The summed E-state index contributed by atoms with van der Waals surface area (Å²) in [5.41, 5.74) is 1.06. The summed E-state index contributed by atoms with van der Waals surface area (Å²) in [5.74, 6) is 1.59. The molecule has 0 spiro atoms. The molecular formula is C13H19BrIN3O. The number of nitrogens with one attached hydrogen (secondary N) is 2. The maximum atomic E-state index is 5.31. The van der Waals surface area contributed by atoms with Gasteiger partial charge in [0.2, 0.25) is 0 Å². The Morgan fingerprint density at radius 1 is 1.47 bits per heavy atom. The predicted octanol–water partition coefficient (Wildman–Crippen LogP) is 2.93. The molecule has 106 valence electrons. The second-order valence-corrected chi connectivity index (χ2v) is 4.47. The van der Waals surface area contributed by atoms with Crippen LogP contribution in [-0.2, 0) is 6.54 Å². The summed E-state index contributed by atoms with van der Waals surface area (Å²) in [6.45, 7) is 4.97. The van der Waals surface area contributed by atoms with Crippen molar-refractivity contribution in [3.05, 3.63) is 40.9 Å². The third-order valence-corrected chi connectivity index (χ3v) is 2.82. The molecule has 6 heteroatoms. The Hall–Kier alpha value is -0.760. The molecule has 0 fully saturated rings. The van der Waals surface area contributed by atoms with Crippen LogP contribution in [0, 0.1) is 0 Å². The summed E-state index contributed by atoms with van der Waals surface area (Å²) in [7, 11) is 3.40. The second kappa shape index (κ2) is 10.1. The number of rotatable bonds is 5. The lowest BCUT2D eigenvalue weighted by molar-refractivity contribution is 0.409. The van der Waals surface area contributed by atoms with Crippen LogP contribution in [0.5, 0.6) is 5.75 Å². The molecule has 0 aromatic heterocycles. The lowest BCUT2D eigenvalue weighted by Gasteiger charge is -2.13. The molecule has 0 saturated heterocycles. The Balaban J connectivity index is 0.00000324. The number of hydrogen-bond acceptors (Lipinski definition) is 2. The summed E-state index contributed by atoms with van der Waals surface area (Å²) in [6.07, 6.45) is 1.78. The van der Waals surface area contributed by atoms with E-state index in [4.69, 9.17) is 4.74 Å². The molecule has 0 heterocycles. The lowest BCUT2D eigenvalue weighted by atomic mass is 10.2. The fraction of sp³-hybridized carbons (Fsp3) is 0.308. The molecule has 0 saturated carbocycles. The Morgan fingerprint density at radius 3 is 2.79 bits per heavy atom. The minimum atomic E-state index is 0. The molecule has 0 amide bonds. The fourth-order valence-electron chi connectivity index (χ4n) is 1.45. The van der Waals surface area contributed by atoms with Gasteiger partial charge in [-0.15, -0.1) is 30.6 Å². The van der Waals surface area contributed by atoms with E-state index in [2.05, 4.69) is 38.1 Å². The SMILES string of the molecule is C=CCNC(=NC)NCc1cc(Br)ccc1OC.I. The minimum Gasteiger partial charge on any atom is -0.496 e. The number of guanidine groups is 1. The molecule has 0 atom stereocenters. The van der Waals surface area contributed by atoms with Gasteiger partial charge in [0.05, 0.1) is 7.11 Å². The quantitative estimate of drug-likeness (QED) is 0.321. The van der Waals surface area contributed by atoms with Crippen molar-refractivity contribution in [3.63, 3.8) is 0 Å². The molecule has 2 N–H and O–H groups in total. The molecule has 1 rings (SSSR count). The van der Waals surface area contributed by atoms with Crippen molar-refractivity contribution in [1.29, 1.82) is 0 Å². The van der Waals surface area contributed by atoms with Gasteiger partial charge in [-0.1, -0.05) is 22.0 Å². The molecule has 0 aliphatic rings. The van der Waals surface area contributed by atoms with Crippen molar-refractivity contribution in [2.45, 2.75) is 6.54 Å². The molecule has 0 aliphatic heterocycles. The van der Waals surface area contributed by atoms with Crippen molar-refractivity contribution in [1.82, 2.24) is 10.6 Å². The highest BCUT2D eigenvalue weighted by atomic mass is 127. The van der Waals surface area contributed by atoms with Crippen LogP contribution in [0.1, 0.15) is 5.56 Å². The van der Waals surface area contributed by atoms with E-state index in [1.807, 2.05) is 18.2 Å². The van der Waals surface area contributed by atoms with Gasteiger partial charge in [-0.3, -0.25) is 4.99 Å². The fourth-order valence-corrected chi connectivity index (χ4v) is 1.86. The van der Waals surface area contributed by atoms with Crippen molar-refractivity contribution in [3.8, 4) is 5.75 Å².